The van der Waals surface area contributed by atoms with Crippen LogP contribution in [0, 0.1) is 5.92 Å². The van der Waals surface area contributed by atoms with Crippen LogP contribution in [-0.2, 0) is 19.9 Å². The molecule has 0 saturated heterocycles. The zero-order chi connectivity index (χ0) is 14.5. The standard InChI is InChI=1S/C16H28ClN3/c1-4-14-16(17)15(20(3)19-14)11-13(18-2)10-12-8-6-5-7-9-12/h12-13,18H,4-11H2,1-3H3. The third-order valence-corrected chi connectivity index (χ3v) is 5.13. The molecule has 1 heterocycles. The van der Waals surface area contributed by atoms with E-state index in [0.29, 0.717) is 6.04 Å². The van der Waals surface area contributed by atoms with Crippen LogP contribution in [0.3, 0.4) is 0 Å². The normalized spacial score (nSPS) is 18.4. The zero-order valence-corrected chi connectivity index (χ0v) is 13.8. The molecular weight excluding hydrogens is 270 g/mol. The average molecular weight is 298 g/mol. The number of nitrogens with zero attached hydrogens (tertiary/aromatic N) is 2. The van der Waals surface area contributed by atoms with E-state index in [1.807, 2.05) is 11.7 Å². The van der Waals surface area contributed by atoms with Crippen molar-refractivity contribution in [1.29, 1.82) is 0 Å². The van der Waals surface area contributed by atoms with Crippen LogP contribution in [0.15, 0.2) is 0 Å². The average Bonchev–Trinajstić information content (AvgIpc) is 2.74. The molecule has 1 N–H and O–H groups in total. The van der Waals surface area contributed by atoms with Crippen molar-refractivity contribution >= 4 is 11.6 Å². The molecule has 0 aromatic carbocycles. The second kappa shape index (κ2) is 7.46. The van der Waals surface area contributed by atoms with Crippen molar-refractivity contribution in [2.24, 2.45) is 13.0 Å². The topological polar surface area (TPSA) is 29.9 Å². The molecule has 2 rings (SSSR count). The van der Waals surface area contributed by atoms with Gasteiger partial charge in [-0.2, -0.15) is 5.10 Å². The smallest absolute Gasteiger partial charge is 0.0850 e. The molecule has 1 saturated carbocycles. The summed E-state index contributed by atoms with van der Waals surface area (Å²) in [6.45, 7) is 2.11. The van der Waals surface area contributed by atoms with Crippen LogP contribution < -0.4 is 5.32 Å². The van der Waals surface area contributed by atoms with Gasteiger partial charge in [-0.3, -0.25) is 4.68 Å². The van der Waals surface area contributed by atoms with Gasteiger partial charge in [-0.1, -0.05) is 50.6 Å². The van der Waals surface area contributed by atoms with Gasteiger partial charge in [0.2, 0.25) is 0 Å². The summed E-state index contributed by atoms with van der Waals surface area (Å²) in [5, 5.41) is 8.87. The molecule has 4 heteroatoms. The van der Waals surface area contributed by atoms with Crippen LogP contribution in [-0.4, -0.2) is 22.9 Å². The summed E-state index contributed by atoms with van der Waals surface area (Å²) in [5.41, 5.74) is 2.20. The van der Waals surface area contributed by atoms with Gasteiger partial charge in [-0.15, -0.1) is 0 Å². The quantitative estimate of drug-likeness (QED) is 0.867. The number of likely N-dealkylation sites (N-methyl/N-ethyl adjacent to an activating group) is 1. The largest absolute Gasteiger partial charge is 0.317 e. The molecule has 20 heavy (non-hydrogen) atoms. The summed E-state index contributed by atoms with van der Waals surface area (Å²) >= 11 is 6.46. The maximum absolute atomic E-state index is 6.46. The van der Waals surface area contributed by atoms with Gasteiger partial charge in [0.05, 0.1) is 16.4 Å². The number of hydrogen-bond donors (Lipinski definition) is 1. The molecular formula is C16H28ClN3. The lowest BCUT2D eigenvalue weighted by molar-refractivity contribution is 0.301. The van der Waals surface area contributed by atoms with Crippen molar-refractivity contribution in [2.45, 2.75) is 64.3 Å². The van der Waals surface area contributed by atoms with E-state index in [-0.39, 0.29) is 0 Å². The Morgan fingerprint density at radius 2 is 2.05 bits per heavy atom. The van der Waals surface area contributed by atoms with Crippen LogP contribution in [0.1, 0.15) is 56.8 Å². The van der Waals surface area contributed by atoms with Crippen LogP contribution >= 0.6 is 11.6 Å². The van der Waals surface area contributed by atoms with Crippen molar-refractivity contribution in [3.63, 3.8) is 0 Å². The minimum absolute atomic E-state index is 0.510. The highest BCUT2D eigenvalue weighted by molar-refractivity contribution is 6.31. The second-order valence-electron chi connectivity index (χ2n) is 6.11. The van der Waals surface area contributed by atoms with Gasteiger partial charge in [0.25, 0.3) is 0 Å². The van der Waals surface area contributed by atoms with Gasteiger partial charge in [0.1, 0.15) is 0 Å². The number of rotatable bonds is 6. The van der Waals surface area contributed by atoms with Crippen molar-refractivity contribution in [3.05, 3.63) is 16.4 Å². The lowest BCUT2D eigenvalue weighted by atomic mass is 9.84. The molecule has 0 aliphatic heterocycles. The van der Waals surface area contributed by atoms with E-state index < -0.39 is 0 Å². The van der Waals surface area contributed by atoms with Crippen LogP contribution in [0.5, 0.6) is 0 Å². The van der Waals surface area contributed by atoms with Crippen molar-refractivity contribution < 1.29 is 0 Å². The fourth-order valence-corrected chi connectivity index (χ4v) is 3.77. The highest BCUT2D eigenvalue weighted by atomic mass is 35.5. The molecule has 1 aromatic heterocycles. The molecule has 1 fully saturated rings. The summed E-state index contributed by atoms with van der Waals surface area (Å²) in [6, 6.07) is 0.510. The van der Waals surface area contributed by atoms with Crippen LogP contribution in [0.4, 0.5) is 0 Å². The summed E-state index contributed by atoms with van der Waals surface area (Å²) in [5.74, 6) is 0.888. The molecule has 3 nitrogen and oxygen atoms in total. The first-order valence-corrected chi connectivity index (χ1v) is 8.41. The van der Waals surface area contributed by atoms with E-state index in [9.17, 15) is 0 Å². The van der Waals surface area contributed by atoms with Crippen molar-refractivity contribution in [1.82, 2.24) is 15.1 Å². The van der Waals surface area contributed by atoms with Crippen molar-refractivity contribution in [2.75, 3.05) is 7.05 Å². The molecule has 1 atom stereocenters. The fourth-order valence-electron chi connectivity index (χ4n) is 3.40. The summed E-state index contributed by atoms with van der Waals surface area (Å²) in [7, 11) is 4.08. The number of nitrogens with one attached hydrogen (secondary N) is 1. The first-order chi connectivity index (χ1) is 9.65. The fraction of sp³-hybridized carbons (Fsp3) is 0.812. The predicted molar refractivity (Wildman–Crippen MR) is 85.3 cm³/mol. The number of halogens is 1. The molecule has 1 aliphatic rings. The molecule has 114 valence electrons. The van der Waals surface area contributed by atoms with Crippen molar-refractivity contribution in [3.8, 4) is 0 Å². The molecule has 0 bridgehead atoms. The third kappa shape index (κ3) is 3.76. The molecule has 0 radical (unpaired) electrons. The summed E-state index contributed by atoms with van der Waals surface area (Å²) in [4.78, 5) is 0. The van der Waals surface area contributed by atoms with Gasteiger partial charge >= 0.3 is 0 Å². The Morgan fingerprint density at radius 3 is 2.60 bits per heavy atom. The number of aromatic nitrogens is 2. The Hall–Kier alpha value is -0.540. The van der Waals surface area contributed by atoms with Gasteiger partial charge in [-0.25, -0.2) is 0 Å². The molecule has 1 unspecified atom stereocenters. The maximum atomic E-state index is 6.46. The number of aryl methyl sites for hydroxylation is 2. The Bertz CT molecular complexity index is 422. The summed E-state index contributed by atoms with van der Waals surface area (Å²) in [6.07, 6.45) is 10.2. The van der Waals surface area contributed by atoms with E-state index in [1.165, 1.54) is 44.2 Å². The first kappa shape index (κ1) is 15.8. The van der Waals surface area contributed by atoms with Gasteiger partial charge in [0.15, 0.2) is 0 Å². The van der Waals surface area contributed by atoms with E-state index in [4.69, 9.17) is 11.6 Å². The van der Waals surface area contributed by atoms with E-state index in [1.54, 1.807) is 0 Å². The summed E-state index contributed by atoms with van der Waals surface area (Å²) < 4.78 is 1.96. The van der Waals surface area contributed by atoms with E-state index in [2.05, 4.69) is 24.4 Å². The van der Waals surface area contributed by atoms with Gasteiger partial charge in [0, 0.05) is 19.5 Å². The highest BCUT2D eigenvalue weighted by Crippen LogP contribution is 2.29. The van der Waals surface area contributed by atoms with E-state index >= 15 is 0 Å². The number of hydrogen-bond acceptors (Lipinski definition) is 2. The zero-order valence-electron chi connectivity index (χ0n) is 13.1. The monoisotopic (exact) mass is 297 g/mol. The Morgan fingerprint density at radius 1 is 1.35 bits per heavy atom. The second-order valence-corrected chi connectivity index (χ2v) is 6.49. The molecule has 1 aliphatic carbocycles. The highest BCUT2D eigenvalue weighted by Gasteiger charge is 2.21. The van der Waals surface area contributed by atoms with Gasteiger partial charge in [-0.05, 0) is 25.8 Å². The molecule has 1 aromatic rings. The Kier molecular flexibility index (Phi) is 5.91. The maximum Gasteiger partial charge on any atom is 0.0850 e. The Labute approximate surface area is 128 Å². The predicted octanol–water partition coefficient (Wildman–Crippen LogP) is 3.74. The van der Waals surface area contributed by atoms with Crippen LogP contribution in [0.25, 0.3) is 0 Å². The third-order valence-electron chi connectivity index (χ3n) is 4.69. The van der Waals surface area contributed by atoms with Gasteiger partial charge < -0.3 is 5.32 Å². The van der Waals surface area contributed by atoms with E-state index in [0.717, 1.165) is 29.5 Å². The lowest BCUT2D eigenvalue weighted by Crippen LogP contribution is -2.31. The lowest BCUT2D eigenvalue weighted by Gasteiger charge is -2.26. The van der Waals surface area contributed by atoms with Crippen LogP contribution in [0.2, 0.25) is 5.02 Å². The first-order valence-electron chi connectivity index (χ1n) is 8.03. The molecule has 0 amide bonds. The minimum atomic E-state index is 0.510. The Balaban J connectivity index is 2.00. The molecule has 0 spiro atoms. The SMILES string of the molecule is CCc1nn(C)c(CC(CC2CCCCC2)NC)c1Cl. The minimum Gasteiger partial charge on any atom is -0.317 e.